The maximum atomic E-state index is 12.9. The average Bonchev–Trinajstić information content (AvgIpc) is 2.74. The molecule has 0 radical (unpaired) electrons. The van der Waals surface area contributed by atoms with E-state index in [4.69, 9.17) is 0 Å². The molecule has 1 aliphatic heterocycles. The van der Waals surface area contributed by atoms with Crippen molar-refractivity contribution in [2.24, 2.45) is 0 Å². The van der Waals surface area contributed by atoms with E-state index < -0.39 is 9.84 Å². The first kappa shape index (κ1) is 12.6. The van der Waals surface area contributed by atoms with Crippen molar-refractivity contribution in [1.29, 1.82) is 0 Å². The second-order valence-corrected chi connectivity index (χ2v) is 7.35. The Morgan fingerprint density at radius 1 is 0.762 bits per heavy atom. The number of rotatable bonds is 0. The lowest BCUT2D eigenvalue weighted by atomic mass is 9.92. The molecule has 3 aromatic rings. The quantitative estimate of drug-likeness (QED) is 0.485. The number of aryl methyl sites for hydroxylation is 2. The summed E-state index contributed by atoms with van der Waals surface area (Å²) >= 11 is 0. The predicted octanol–water partition coefficient (Wildman–Crippen LogP) is 4.27. The molecule has 0 aromatic heterocycles. The van der Waals surface area contributed by atoms with Crippen molar-refractivity contribution in [2.45, 2.75) is 23.6 Å². The van der Waals surface area contributed by atoms with Gasteiger partial charge in [0, 0.05) is 11.1 Å². The van der Waals surface area contributed by atoms with Crippen molar-refractivity contribution in [1.82, 2.24) is 0 Å². The smallest absolute Gasteiger partial charge is 0.208 e. The van der Waals surface area contributed by atoms with Crippen LogP contribution in [0.15, 0.2) is 58.3 Å². The lowest BCUT2D eigenvalue weighted by molar-refractivity contribution is 0.598. The second-order valence-electron chi connectivity index (χ2n) is 5.50. The van der Waals surface area contributed by atoms with Crippen LogP contribution in [-0.2, 0) is 9.84 Å². The van der Waals surface area contributed by atoms with Crippen molar-refractivity contribution >= 4 is 20.6 Å². The zero-order valence-electron chi connectivity index (χ0n) is 11.8. The first-order valence-electron chi connectivity index (χ1n) is 6.90. The molecule has 0 aliphatic carbocycles. The summed E-state index contributed by atoms with van der Waals surface area (Å²) in [6.45, 7) is 3.92. The van der Waals surface area contributed by atoms with Crippen LogP contribution in [0.5, 0.6) is 0 Å². The molecule has 0 fully saturated rings. The van der Waals surface area contributed by atoms with Crippen LogP contribution in [0.4, 0.5) is 0 Å². The van der Waals surface area contributed by atoms with Gasteiger partial charge in [0.1, 0.15) is 0 Å². The lowest BCUT2D eigenvalue weighted by Gasteiger charge is -2.13. The van der Waals surface area contributed by atoms with E-state index in [1.54, 1.807) is 12.1 Å². The lowest BCUT2D eigenvalue weighted by Crippen LogP contribution is -2.00. The zero-order chi connectivity index (χ0) is 14.8. The van der Waals surface area contributed by atoms with Crippen LogP contribution in [0, 0.1) is 13.8 Å². The Labute approximate surface area is 124 Å². The van der Waals surface area contributed by atoms with Gasteiger partial charge in [-0.15, -0.1) is 0 Å². The number of sulfone groups is 1. The fourth-order valence-corrected chi connectivity index (χ4v) is 5.41. The van der Waals surface area contributed by atoms with E-state index in [1.165, 1.54) is 0 Å². The van der Waals surface area contributed by atoms with Gasteiger partial charge in [-0.05, 0) is 41.8 Å². The summed E-state index contributed by atoms with van der Waals surface area (Å²) in [7, 11) is -3.41. The third-order valence-electron chi connectivity index (χ3n) is 4.39. The SMILES string of the molecule is Cc1c2c(c(C)c3ccccc13)S(=O)(=O)c1ccccc1-2. The molecule has 0 saturated heterocycles. The van der Waals surface area contributed by atoms with E-state index in [9.17, 15) is 8.42 Å². The monoisotopic (exact) mass is 294 g/mol. The molecular formula is C18H14O2S. The van der Waals surface area contributed by atoms with Gasteiger partial charge in [0.25, 0.3) is 0 Å². The summed E-state index contributed by atoms with van der Waals surface area (Å²) in [6.07, 6.45) is 0. The van der Waals surface area contributed by atoms with E-state index >= 15 is 0 Å². The highest BCUT2D eigenvalue weighted by Gasteiger charge is 2.36. The van der Waals surface area contributed by atoms with Gasteiger partial charge in [-0.3, -0.25) is 0 Å². The largest absolute Gasteiger partial charge is 0.218 e. The molecule has 2 nitrogen and oxygen atoms in total. The van der Waals surface area contributed by atoms with Gasteiger partial charge in [0.15, 0.2) is 0 Å². The first-order chi connectivity index (χ1) is 10.0. The van der Waals surface area contributed by atoms with Crippen molar-refractivity contribution in [3.63, 3.8) is 0 Å². The first-order valence-corrected chi connectivity index (χ1v) is 8.38. The van der Waals surface area contributed by atoms with Crippen LogP contribution >= 0.6 is 0 Å². The summed E-state index contributed by atoms with van der Waals surface area (Å²) in [5.41, 5.74) is 3.60. The van der Waals surface area contributed by atoms with E-state index in [-0.39, 0.29) is 0 Å². The van der Waals surface area contributed by atoms with E-state index in [0.717, 1.165) is 33.0 Å². The van der Waals surface area contributed by atoms with Crippen molar-refractivity contribution in [3.8, 4) is 11.1 Å². The van der Waals surface area contributed by atoms with Gasteiger partial charge in [0.2, 0.25) is 9.84 Å². The summed E-state index contributed by atoms with van der Waals surface area (Å²) in [5, 5.41) is 2.14. The number of hydrogen-bond acceptors (Lipinski definition) is 2. The summed E-state index contributed by atoms with van der Waals surface area (Å²) in [4.78, 5) is 0.918. The summed E-state index contributed by atoms with van der Waals surface area (Å²) in [5.74, 6) is 0. The van der Waals surface area contributed by atoms with Gasteiger partial charge >= 0.3 is 0 Å². The van der Waals surface area contributed by atoms with Crippen molar-refractivity contribution in [2.75, 3.05) is 0 Å². The van der Waals surface area contributed by atoms with Crippen LogP contribution in [0.25, 0.3) is 21.9 Å². The molecule has 0 spiro atoms. The normalized spacial score (nSPS) is 15.0. The van der Waals surface area contributed by atoms with Gasteiger partial charge in [-0.1, -0.05) is 42.5 Å². The van der Waals surface area contributed by atoms with Crippen LogP contribution in [0.2, 0.25) is 0 Å². The highest BCUT2D eigenvalue weighted by Crippen LogP contribution is 2.48. The van der Waals surface area contributed by atoms with Crippen LogP contribution in [0.3, 0.4) is 0 Å². The van der Waals surface area contributed by atoms with Crippen LogP contribution in [0.1, 0.15) is 11.1 Å². The van der Waals surface area contributed by atoms with E-state index in [0.29, 0.717) is 9.79 Å². The maximum Gasteiger partial charge on any atom is 0.208 e. The molecule has 0 atom stereocenters. The Bertz CT molecular complexity index is 1010. The topological polar surface area (TPSA) is 34.1 Å². The highest BCUT2D eigenvalue weighted by atomic mass is 32.2. The van der Waals surface area contributed by atoms with Gasteiger partial charge in [-0.2, -0.15) is 0 Å². The Morgan fingerprint density at radius 3 is 2.05 bits per heavy atom. The summed E-state index contributed by atoms with van der Waals surface area (Å²) < 4.78 is 25.8. The molecule has 4 rings (SSSR count). The minimum atomic E-state index is -3.41. The number of fused-ring (bicyclic) bond motifs is 4. The van der Waals surface area contributed by atoms with Crippen LogP contribution < -0.4 is 0 Å². The standard InChI is InChI=1S/C18H14O2S/c1-11-13-7-3-4-8-14(13)12(2)18-17(11)15-9-5-6-10-16(15)21(18,19)20/h3-10H,1-2H3. The third-order valence-corrected chi connectivity index (χ3v) is 6.38. The molecule has 0 unspecified atom stereocenters. The Kier molecular flexibility index (Phi) is 2.37. The Morgan fingerprint density at radius 2 is 1.33 bits per heavy atom. The van der Waals surface area contributed by atoms with Crippen LogP contribution in [-0.4, -0.2) is 8.42 Å². The zero-order valence-corrected chi connectivity index (χ0v) is 12.7. The molecule has 3 heteroatoms. The minimum absolute atomic E-state index is 0.432. The van der Waals surface area contributed by atoms with Gasteiger partial charge < -0.3 is 0 Å². The molecule has 3 aromatic carbocycles. The van der Waals surface area contributed by atoms with Crippen molar-refractivity contribution < 1.29 is 8.42 Å². The summed E-state index contributed by atoms with van der Waals surface area (Å²) in [6, 6.07) is 15.3. The Balaban J connectivity index is 2.33. The minimum Gasteiger partial charge on any atom is -0.218 e. The third kappa shape index (κ3) is 1.44. The number of benzene rings is 3. The molecule has 21 heavy (non-hydrogen) atoms. The second kappa shape index (κ2) is 3.95. The van der Waals surface area contributed by atoms with E-state index in [2.05, 4.69) is 6.07 Å². The number of hydrogen-bond donors (Lipinski definition) is 0. The molecule has 0 bridgehead atoms. The molecule has 0 saturated carbocycles. The molecule has 1 aliphatic rings. The Hall–Kier alpha value is -2.13. The fourth-order valence-electron chi connectivity index (χ4n) is 3.43. The van der Waals surface area contributed by atoms with Gasteiger partial charge in [-0.25, -0.2) is 8.42 Å². The van der Waals surface area contributed by atoms with E-state index in [1.807, 2.05) is 44.2 Å². The molecule has 104 valence electrons. The molecule has 0 amide bonds. The predicted molar refractivity (Wildman–Crippen MR) is 84.3 cm³/mol. The maximum absolute atomic E-state index is 12.9. The highest BCUT2D eigenvalue weighted by molar-refractivity contribution is 7.92. The average molecular weight is 294 g/mol. The molecule has 1 heterocycles. The van der Waals surface area contributed by atoms with Crippen molar-refractivity contribution in [3.05, 3.63) is 59.7 Å². The fraction of sp³-hybridized carbons (Fsp3) is 0.111. The molecule has 0 N–H and O–H groups in total. The van der Waals surface area contributed by atoms with Gasteiger partial charge in [0.05, 0.1) is 9.79 Å². The molecular weight excluding hydrogens is 280 g/mol.